The van der Waals surface area contributed by atoms with Gasteiger partial charge in [-0.1, -0.05) is 12.8 Å². The number of ether oxygens (including phenoxy) is 1. The van der Waals surface area contributed by atoms with Crippen LogP contribution in [0.3, 0.4) is 0 Å². The molecule has 1 unspecified atom stereocenters. The first kappa shape index (κ1) is 16.7. The summed E-state index contributed by atoms with van der Waals surface area (Å²) < 4.78 is 16.7. The minimum Gasteiger partial charge on any atom is -0.507 e. The van der Waals surface area contributed by atoms with Crippen molar-refractivity contribution >= 4 is 0 Å². The molecule has 1 aliphatic heterocycles. The van der Waals surface area contributed by atoms with E-state index in [1.165, 1.54) is 0 Å². The van der Waals surface area contributed by atoms with Gasteiger partial charge in [-0.3, -0.25) is 0 Å². The molecule has 142 valence electrons. The Morgan fingerprint density at radius 2 is 2.07 bits per heavy atom. The van der Waals surface area contributed by atoms with Crippen LogP contribution in [0.1, 0.15) is 55.4 Å². The van der Waals surface area contributed by atoms with Crippen LogP contribution in [0.2, 0.25) is 0 Å². The molecule has 1 N–H and O–H groups in total. The highest BCUT2D eigenvalue weighted by Gasteiger charge is 2.46. The van der Waals surface area contributed by atoms with Crippen LogP contribution in [-0.2, 0) is 23.2 Å². The second kappa shape index (κ2) is 6.04. The van der Waals surface area contributed by atoms with Crippen LogP contribution in [0.4, 0.5) is 0 Å². The fourth-order valence-corrected chi connectivity index (χ4v) is 4.47. The summed E-state index contributed by atoms with van der Waals surface area (Å²) in [7, 11) is 0. The van der Waals surface area contributed by atoms with E-state index >= 15 is 0 Å². The fraction of sp³-hybridized carbons (Fsp3) is 0.500. The minimum atomic E-state index is -0.765. The molecule has 27 heavy (non-hydrogen) atoms. The Hall–Kier alpha value is -2.43. The van der Waals surface area contributed by atoms with Gasteiger partial charge in [0.1, 0.15) is 22.7 Å². The first-order valence-electron chi connectivity index (χ1n) is 9.78. The summed E-state index contributed by atoms with van der Waals surface area (Å²) in [6, 6.07) is 3.60. The van der Waals surface area contributed by atoms with E-state index in [0.29, 0.717) is 24.5 Å². The third kappa shape index (κ3) is 3.20. The highest BCUT2D eigenvalue weighted by Crippen LogP contribution is 2.52. The van der Waals surface area contributed by atoms with Gasteiger partial charge in [0.15, 0.2) is 0 Å². The largest absolute Gasteiger partial charge is 0.507 e. The van der Waals surface area contributed by atoms with E-state index in [2.05, 4.69) is 0 Å². The number of hydrogen-bond acceptors (Lipinski definition) is 5. The summed E-state index contributed by atoms with van der Waals surface area (Å²) in [4.78, 5) is 12.8. The maximum atomic E-state index is 12.8. The maximum Gasteiger partial charge on any atom is 0.346 e. The zero-order chi connectivity index (χ0) is 18.5. The predicted molar refractivity (Wildman–Crippen MR) is 98.3 cm³/mol. The van der Waals surface area contributed by atoms with Crippen LogP contribution in [0.25, 0.3) is 0 Å². The standard InChI is InChI=1S/C22H24O5/c23-18-10-17(13-21(6-7-21)11-16-4-9-25-14-16)27-20(24)19(18)22(5-1-8-26-22)12-15-2-3-15/h1,4,8-10,14-15,23H,2-3,5-7,11-13H2. The third-order valence-corrected chi connectivity index (χ3v) is 6.26. The Labute approximate surface area is 157 Å². The van der Waals surface area contributed by atoms with Gasteiger partial charge >= 0.3 is 5.63 Å². The van der Waals surface area contributed by atoms with Gasteiger partial charge in [0.2, 0.25) is 0 Å². The van der Waals surface area contributed by atoms with E-state index in [1.807, 2.05) is 12.1 Å². The Kier molecular flexibility index (Phi) is 3.74. The molecule has 5 nitrogen and oxygen atoms in total. The molecule has 2 aromatic rings. The van der Waals surface area contributed by atoms with Crippen molar-refractivity contribution in [2.24, 2.45) is 11.3 Å². The second-order valence-electron chi connectivity index (χ2n) is 8.58. The SMILES string of the molecule is O=c1oc(CC2(Cc3ccoc3)CC2)cc(O)c1C1(CC2CC2)CC=CO1. The Balaban J connectivity index is 1.41. The molecule has 3 heterocycles. The third-order valence-electron chi connectivity index (χ3n) is 6.26. The van der Waals surface area contributed by atoms with Gasteiger partial charge in [-0.25, -0.2) is 4.79 Å². The van der Waals surface area contributed by atoms with Crippen LogP contribution in [0.5, 0.6) is 5.75 Å². The maximum absolute atomic E-state index is 12.8. The zero-order valence-corrected chi connectivity index (χ0v) is 15.3. The van der Waals surface area contributed by atoms with E-state index in [9.17, 15) is 9.90 Å². The molecule has 1 atom stereocenters. The van der Waals surface area contributed by atoms with E-state index in [-0.39, 0.29) is 16.7 Å². The molecule has 0 radical (unpaired) electrons. The van der Waals surface area contributed by atoms with Crippen LogP contribution < -0.4 is 5.63 Å². The Morgan fingerprint density at radius 3 is 2.67 bits per heavy atom. The smallest absolute Gasteiger partial charge is 0.346 e. The van der Waals surface area contributed by atoms with Crippen molar-refractivity contribution in [3.63, 3.8) is 0 Å². The van der Waals surface area contributed by atoms with E-state index in [0.717, 1.165) is 44.1 Å². The van der Waals surface area contributed by atoms with Crippen molar-refractivity contribution in [3.05, 3.63) is 64.3 Å². The van der Waals surface area contributed by atoms with Crippen molar-refractivity contribution < 1.29 is 18.7 Å². The predicted octanol–water partition coefficient (Wildman–Crippen LogP) is 4.43. The quantitative estimate of drug-likeness (QED) is 0.782. The second-order valence-corrected chi connectivity index (χ2v) is 8.58. The summed E-state index contributed by atoms with van der Waals surface area (Å²) in [5.74, 6) is 1.12. The lowest BCUT2D eigenvalue weighted by molar-refractivity contribution is 0.0210. The molecule has 2 aliphatic carbocycles. The van der Waals surface area contributed by atoms with Crippen molar-refractivity contribution in [1.82, 2.24) is 0 Å². The average molecular weight is 368 g/mol. The summed E-state index contributed by atoms with van der Waals surface area (Å²) in [6.45, 7) is 0. The van der Waals surface area contributed by atoms with Crippen LogP contribution in [-0.4, -0.2) is 5.11 Å². The molecule has 0 spiro atoms. The summed E-state index contributed by atoms with van der Waals surface area (Å²) in [5.41, 5.74) is 0.310. The molecule has 5 heteroatoms. The van der Waals surface area contributed by atoms with Gasteiger partial charge in [-0.2, -0.15) is 0 Å². The number of rotatable bonds is 7. The van der Waals surface area contributed by atoms with Crippen LogP contribution in [0.15, 0.2) is 50.6 Å². The van der Waals surface area contributed by atoms with Crippen molar-refractivity contribution in [1.29, 1.82) is 0 Å². The number of aromatic hydroxyl groups is 1. The topological polar surface area (TPSA) is 72.8 Å². The van der Waals surface area contributed by atoms with Gasteiger partial charge in [-0.05, 0) is 54.7 Å². The van der Waals surface area contributed by atoms with Crippen LogP contribution >= 0.6 is 0 Å². The molecule has 0 amide bonds. The number of hydrogen-bond donors (Lipinski definition) is 1. The minimum absolute atomic E-state index is 0.00436. The molecule has 5 rings (SSSR count). The first-order chi connectivity index (χ1) is 13.1. The lowest BCUT2D eigenvalue weighted by Crippen LogP contribution is -2.32. The van der Waals surface area contributed by atoms with E-state index < -0.39 is 11.2 Å². The molecule has 0 aromatic carbocycles. The van der Waals surface area contributed by atoms with Crippen molar-refractivity contribution in [3.8, 4) is 5.75 Å². The average Bonchev–Trinajstić information content (AvgIpc) is 3.45. The molecular weight excluding hydrogens is 344 g/mol. The Bertz CT molecular complexity index is 905. The van der Waals surface area contributed by atoms with Gasteiger partial charge < -0.3 is 18.7 Å². The first-order valence-corrected chi connectivity index (χ1v) is 9.78. The van der Waals surface area contributed by atoms with Gasteiger partial charge in [0.05, 0.1) is 18.8 Å². The highest BCUT2D eigenvalue weighted by molar-refractivity contribution is 5.37. The molecule has 2 fully saturated rings. The molecule has 0 saturated heterocycles. The fourth-order valence-electron chi connectivity index (χ4n) is 4.47. The molecule has 2 saturated carbocycles. The zero-order valence-electron chi connectivity index (χ0n) is 15.3. The summed E-state index contributed by atoms with van der Waals surface area (Å²) in [5, 5.41) is 10.7. The normalized spacial score (nSPS) is 25.5. The van der Waals surface area contributed by atoms with Crippen molar-refractivity contribution in [2.75, 3.05) is 0 Å². The van der Waals surface area contributed by atoms with Gasteiger partial charge in [0, 0.05) is 18.9 Å². The van der Waals surface area contributed by atoms with Gasteiger partial charge in [-0.15, -0.1) is 0 Å². The molecule has 0 bridgehead atoms. The van der Waals surface area contributed by atoms with Gasteiger partial charge in [0.25, 0.3) is 0 Å². The lowest BCUT2D eigenvalue weighted by atomic mass is 9.86. The Morgan fingerprint density at radius 1 is 1.22 bits per heavy atom. The van der Waals surface area contributed by atoms with E-state index in [1.54, 1.807) is 24.9 Å². The highest BCUT2D eigenvalue weighted by atomic mass is 16.5. The molecular formula is C22H24O5. The molecule has 3 aliphatic rings. The summed E-state index contributed by atoms with van der Waals surface area (Å²) >= 11 is 0. The lowest BCUT2D eigenvalue weighted by Gasteiger charge is -2.29. The monoisotopic (exact) mass is 368 g/mol. The van der Waals surface area contributed by atoms with Crippen LogP contribution in [0, 0.1) is 11.3 Å². The van der Waals surface area contributed by atoms with Crippen molar-refractivity contribution in [2.45, 2.75) is 57.0 Å². The number of furan rings is 1. The van der Waals surface area contributed by atoms with E-state index in [4.69, 9.17) is 13.6 Å². The molecule has 2 aromatic heterocycles. The summed E-state index contributed by atoms with van der Waals surface area (Å²) in [6.07, 6.45) is 14.4.